The number of amides is 1. The van der Waals surface area contributed by atoms with E-state index in [1.165, 1.54) is 12.1 Å². The van der Waals surface area contributed by atoms with Crippen molar-refractivity contribution in [2.24, 2.45) is 0 Å². The van der Waals surface area contributed by atoms with Gasteiger partial charge in [0.25, 0.3) is 5.91 Å². The molecule has 6 heteroatoms. The monoisotopic (exact) mass is 333 g/mol. The number of H-pyrrole nitrogens is 1. The molecule has 1 heterocycles. The van der Waals surface area contributed by atoms with E-state index in [2.05, 4.69) is 31.4 Å². The van der Waals surface area contributed by atoms with E-state index in [0.717, 1.165) is 10.9 Å². The molecule has 2 aromatic carbocycles. The third-order valence-corrected chi connectivity index (χ3v) is 3.55. The Hall–Kier alpha value is -2.21. The Morgan fingerprint density at radius 2 is 2.15 bits per heavy atom. The summed E-state index contributed by atoms with van der Waals surface area (Å²) in [6, 6.07) is 9.71. The van der Waals surface area contributed by atoms with Gasteiger partial charge in [-0.05, 0) is 46.3 Å². The zero-order chi connectivity index (χ0) is 14.1. The van der Waals surface area contributed by atoms with E-state index in [1.54, 1.807) is 24.4 Å². The van der Waals surface area contributed by atoms with Gasteiger partial charge in [-0.1, -0.05) is 6.07 Å². The highest BCUT2D eigenvalue weighted by molar-refractivity contribution is 9.10. The number of nitrogens with one attached hydrogen (secondary N) is 2. The average molecular weight is 334 g/mol. The summed E-state index contributed by atoms with van der Waals surface area (Å²) in [6.45, 7) is 0. The van der Waals surface area contributed by atoms with Crippen LogP contribution in [0.1, 0.15) is 10.4 Å². The average Bonchev–Trinajstić information content (AvgIpc) is 2.85. The van der Waals surface area contributed by atoms with Crippen molar-refractivity contribution in [3.05, 3.63) is 58.4 Å². The van der Waals surface area contributed by atoms with E-state index in [-0.39, 0.29) is 5.56 Å². The molecule has 4 nitrogen and oxygen atoms in total. The van der Waals surface area contributed by atoms with Gasteiger partial charge in [0.05, 0.1) is 17.3 Å². The molecule has 0 radical (unpaired) electrons. The molecular weight excluding hydrogens is 325 g/mol. The van der Waals surface area contributed by atoms with E-state index in [4.69, 9.17) is 0 Å². The molecule has 3 aromatic rings. The van der Waals surface area contributed by atoms with Crippen LogP contribution in [0.3, 0.4) is 0 Å². The predicted molar refractivity (Wildman–Crippen MR) is 78.1 cm³/mol. The van der Waals surface area contributed by atoms with E-state index in [1.807, 2.05) is 6.07 Å². The molecule has 0 spiro atoms. The number of fused-ring (bicyclic) bond motifs is 1. The number of carbonyl (C=O) groups is 1. The molecule has 0 unspecified atom stereocenters. The summed E-state index contributed by atoms with van der Waals surface area (Å²) < 4.78 is 14.1. The molecule has 1 aromatic heterocycles. The van der Waals surface area contributed by atoms with Gasteiger partial charge in [-0.25, -0.2) is 4.39 Å². The fraction of sp³-hybridized carbons (Fsp3) is 0. The number of aromatic amines is 1. The van der Waals surface area contributed by atoms with Crippen LogP contribution in [0.25, 0.3) is 10.9 Å². The zero-order valence-corrected chi connectivity index (χ0v) is 11.7. The maximum absolute atomic E-state index is 13.7. The standard InChI is InChI=1S/C14H9BrFN3O/c15-10-2-1-3-11(16)13(10)14(20)18-9-5-4-8-7-17-19-12(8)6-9/h1-7H,(H,17,19)(H,18,20). The smallest absolute Gasteiger partial charge is 0.259 e. The number of carbonyl (C=O) groups excluding carboxylic acids is 1. The Balaban J connectivity index is 1.92. The van der Waals surface area contributed by atoms with Crippen LogP contribution in [0.4, 0.5) is 10.1 Å². The molecule has 0 bridgehead atoms. The Kier molecular flexibility index (Phi) is 3.23. The highest BCUT2D eigenvalue weighted by Crippen LogP contribution is 2.22. The third kappa shape index (κ3) is 2.30. The van der Waals surface area contributed by atoms with Gasteiger partial charge in [0.1, 0.15) is 5.82 Å². The first-order chi connectivity index (χ1) is 9.65. The topological polar surface area (TPSA) is 57.8 Å². The van der Waals surface area contributed by atoms with Crippen molar-refractivity contribution in [1.82, 2.24) is 10.2 Å². The van der Waals surface area contributed by atoms with Crippen LogP contribution in [0.2, 0.25) is 0 Å². The van der Waals surface area contributed by atoms with Gasteiger partial charge in [-0.3, -0.25) is 9.89 Å². The van der Waals surface area contributed by atoms with Gasteiger partial charge in [0, 0.05) is 15.5 Å². The maximum atomic E-state index is 13.7. The summed E-state index contributed by atoms with van der Waals surface area (Å²) in [5.41, 5.74) is 1.36. The second-order valence-corrected chi connectivity index (χ2v) is 5.08. The highest BCUT2D eigenvalue weighted by Gasteiger charge is 2.15. The molecular formula is C14H9BrFN3O. The summed E-state index contributed by atoms with van der Waals surface area (Å²) in [6.07, 6.45) is 1.69. The van der Waals surface area contributed by atoms with Gasteiger partial charge in [0.2, 0.25) is 0 Å². The first kappa shape index (κ1) is 12.8. The zero-order valence-electron chi connectivity index (χ0n) is 10.2. The van der Waals surface area contributed by atoms with E-state index >= 15 is 0 Å². The molecule has 0 saturated heterocycles. The summed E-state index contributed by atoms with van der Waals surface area (Å²) in [4.78, 5) is 12.1. The number of aromatic nitrogens is 2. The lowest BCUT2D eigenvalue weighted by Crippen LogP contribution is -2.14. The van der Waals surface area contributed by atoms with Gasteiger partial charge < -0.3 is 5.32 Å². The van der Waals surface area contributed by atoms with Crippen molar-refractivity contribution < 1.29 is 9.18 Å². The van der Waals surface area contributed by atoms with Crippen molar-refractivity contribution in [3.8, 4) is 0 Å². The number of benzene rings is 2. The fourth-order valence-corrected chi connectivity index (χ4v) is 2.45. The van der Waals surface area contributed by atoms with Gasteiger partial charge >= 0.3 is 0 Å². The summed E-state index contributed by atoms with van der Waals surface area (Å²) in [5, 5.41) is 10.3. The van der Waals surface area contributed by atoms with Crippen LogP contribution in [0.15, 0.2) is 47.1 Å². The first-order valence-electron chi connectivity index (χ1n) is 5.83. The number of hydrogen-bond acceptors (Lipinski definition) is 2. The van der Waals surface area contributed by atoms with Crippen molar-refractivity contribution in [3.63, 3.8) is 0 Å². The molecule has 0 aliphatic heterocycles. The number of rotatable bonds is 2. The molecule has 0 aliphatic carbocycles. The summed E-state index contributed by atoms with van der Waals surface area (Å²) >= 11 is 3.18. The molecule has 0 saturated carbocycles. The molecule has 2 N–H and O–H groups in total. The predicted octanol–water partition coefficient (Wildman–Crippen LogP) is 3.72. The van der Waals surface area contributed by atoms with Crippen LogP contribution in [-0.2, 0) is 0 Å². The van der Waals surface area contributed by atoms with Gasteiger partial charge in [-0.15, -0.1) is 0 Å². The number of nitrogens with zero attached hydrogens (tertiary/aromatic N) is 1. The fourth-order valence-electron chi connectivity index (χ4n) is 1.92. The maximum Gasteiger partial charge on any atom is 0.259 e. The lowest BCUT2D eigenvalue weighted by atomic mass is 10.2. The Labute approximate surface area is 122 Å². The Bertz CT molecular complexity index is 780. The molecule has 0 atom stereocenters. The molecule has 1 amide bonds. The van der Waals surface area contributed by atoms with Crippen LogP contribution in [0, 0.1) is 5.82 Å². The van der Waals surface area contributed by atoms with Crippen molar-refractivity contribution in [2.45, 2.75) is 0 Å². The Morgan fingerprint density at radius 1 is 1.30 bits per heavy atom. The first-order valence-corrected chi connectivity index (χ1v) is 6.63. The molecule has 0 aliphatic rings. The summed E-state index contributed by atoms with van der Waals surface area (Å²) in [7, 11) is 0. The van der Waals surface area contributed by atoms with Gasteiger partial charge in [-0.2, -0.15) is 5.10 Å². The van der Waals surface area contributed by atoms with Crippen LogP contribution in [-0.4, -0.2) is 16.1 Å². The SMILES string of the molecule is O=C(Nc1ccc2cn[nH]c2c1)c1c(F)cccc1Br. The highest BCUT2D eigenvalue weighted by atomic mass is 79.9. The number of halogens is 2. The largest absolute Gasteiger partial charge is 0.322 e. The summed E-state index contributed by atoms with van der Waals surface area (Å²) in [5.74, 6) is -1.08. The molecule has 0 fully saturated rings. The van der Waals surface area contributed by atoms with E-state index < -0.39 is 11.7 Å². The van der Waals surface area contributed by atoms with E-state index in [9.17, 15) is 9.18 Å². The molecule has 100 valence electrons. The second-order valence-electron chi connectivity index (χ2n) is 4.22. The minimum atomic E-state index is -0.570. The lowest BCUT2D eigenvalue weighted by Gasteiger charge is -2.07. The molecule has 20 heavy (non-hydrogen) atoms. The minimum Gasteiger partial charge on any atom is -0.322 e. The Morgan fingerprint density at radius 3 is 2.95 bits per heavy atom. The van der Waals surface area contributed by atoms with Crippen LogP contribution in [0.5, 0.6) is 0 Å². The number of hydrogen-bond donors (Lipinski definition) is 2. The minimum absolute atomic E-state index is 0.0165. The van der Waals surface area contributed by atoms with Gasteiger partial charge in [0.15, 0.2) is 0 Å². The number of anilines is 1. The normalized spacial score (nSPS) is 10.7. The molecule has 3 rings (SSSR count). The van der Waals surface area contributed by atoms with E-state index in [0.29, 0.717) is 10.2 Å². The third-order valence-electron chi connectivity index (χ3n) is 2.89. The quantitative estimate of drug-likeness (QED) is 0.750. The van der Waals surface area contributed by atoms with Crippen molar-refractivity contribution >= 4 is 38.4 Å². The van der Waals surface area contributed by atoms with Crippen LogP contribution < -0.4 is 5.32 Å². The second kappa shape index (κ2) is 5.05. The van der Waals surface area contributed by atoms with Crippen molar-refractivity contribution in [1.29, 1.82) is 0 Å². The van der Waals surface area contributed by atoms with Crippen molar-refractivity contribution in [2.75, 3.05) is 5.32 Å². The van der Waals surface area contributed by atoms with Crippen LogP contribution >= 0.6 is 15.9 Å². The lowest BCUT2D eigenvalue weighted by molar-refractivity contribution is 0.102.